The van der Waals surface area contributed by atoms with Crippen LogP contribution >= 0.6 is 0 Å². The van der Waals surface area contributed by atoms with Gasteiger partial charge in [-0.3, -0.25) is 4.79 Å². The maximum Gasteiger partial charge on any atom is 0.248 e. The second kappa shape index (κ2) is 7.50. The monoisotopic (exact) mass is 249 g/mol. The highest BCUT2D eigenvalue weighted by Crippen LogP contribution is 2.17. The van der Waals surface area contributed by atoms with Crippen LogP contribution in [0.2, 0.25) is 0 Å². The Kier molecular flexibility index (Phi) is 5.94. The summed E-state index contributed by atoms with van der Waals surface area (Å²) >= 11 is 0. The topological polar surface area (TPSA) is 47.6 Å². The van der Waals surface area contributed by atoms with E-state index in [1.807, 2.05) is 32.0 Å². The average molecular weight is 249 g/mol. The van der Waals surface area contributed by atoms with Gasteiger partial charge in [0.2, 0.25) is 5.91 Å². The Labute approximate surface area is 108 Å². The molecule has 1 amide bonds. The molecule has 1 aromatic rings. The Balaban J connectivity index is 2.59. The average Bonchev–Trinajstić information content (AvgIpc) is 2.28. The lowest BCUT2D eigenvalue weighted by atomic mass is 10.2. The first-order chi connectivity index (χ1) is 8.61. The number of methoxy groups -OCH3 is 1. The summed E-state index contributed by atoms with van der Waals surface area (Å²) in [5.74, 6) is 0.575. The van der Waals surface area contributed by atoms with E-state index in [-0.39, 0.29) is 5.91 Å². The van der Waals surface area contributed by atoms with Crippen molar-refractivity contribution in [1.82, 2.24) is 0 Å². The lowest BCUT2D eigenvalue weighted by molar-refractivity contribution is -0.111. The first kappa shape index (κ1) is 14.3. The van der Waals surface area contributed by atoms with Gasteiger partial charge in [-0.2, -0.15) is 0 Å². The third-order valence-corrected chi connectivity index (χ3v) is 2.08. The van der Waals surface area contributed by atoms with Gasteiger partial charge in [0.05, 0.1) is 6.61 Å². The van der Waals surface area contributed by atoms with Crippen molar-refractivity contribution >= 4 is 11.6 Å². The fourth-order valence-electron chi connectivity index (χ4n) is 1.35. The molecule has 0 aromatic heterocycles. The molecule has 0 aliphatic heterocycles. The number of anilines is 1. The van der Waals surface area contributed by atoms with Crippen LogP contribution in [0.4, 0.5) is 5.69 Å². The van der Waals surface area contributed by atoms with Crippen LogP contribution in [-0.2, 0) is 9.53 Å². The van der Waals surface area contributed by atoms with Crippen molar-refractivity contribution in [3.63, 3.8) is 0 Å². The molecule has 0 unspecified atom stereocenters. The number of nitrogens with one attached hydrogen (secondary N) is 1. The maximum absolute atomic E-state index is 11.5. The minimum Gasteiger partial charge on any atom is -0.491 e. The molecule has 0 saturated heterocycles. The summed E-state index contributed by atoms with van der Waals surface area (Å²) in [5, 5.41) is 2.78. The number of amides is 1. The second-order valence-corrected chi connectivity index (χ2v) is 4.08. The molecule has 4 heteroatoms. The zero-order valence-corrected chi connectivity index (χ0v) is 11.0. The molecule has 1 aromatic carbocycles. The molecule has 0 saturated carbocycles. The summed E-state index contributed by atoms with van der Waals surface area (Å²) < 4.78 is 10.4. The van der Waals surface area contributed by atoms with Crippen molar-refractivity contribution in [1.29, 1.82) is 0 Å². The minimum absolute atomic E-state index is 0.135. The first-order valence-electron chi connectivity index (χ1n) is 5.79. The molecule has 0 heterocycles. The summed E-state index contributed by atoms with van der Waals surface area (Å²) in [7, 11) is 1.62. The van der Waals surface area contributed by atoms with Crippen molar-refractivity contribution in [3.8, 4) is 5.75 Å². The fraction of sp³-hybridized carbons (Fsp3) is 0.357. The molecule has 98 valence electrons. The SMILES string of the molecule is COCCOc1cccc(NC(=O)C=C(C)C)c1. The van der Waals surface area contributed by atoms with E-state index in [2.05, 4.69) is 5.32 Å². The van der Waals surface area contributed by atoms with Crippen LogP contribution in [0.15, 0.2) is 35.9 Å². The van der Waals surface area contributed by atoms with Crippen molar-refractivity contribution in [2.45, 2.75) is 13.8 Å². The number of hydrogen-bond donors (Lipinski definition) is 1. The Morgan fingerprint density at radius 3 is 2.78 bits per heavy atom. The predicted octanol–water partition coefficient (Wildman–Crippen LogP) is 2.62. The molecule has 0 atom stereocenters. The zero-order chi connectivity index (χ0) is 13.4. The van der Waals surface area contributed by atoms with Gasteiger partial charge in [-0.25, -0.2) is 0 Å². The Bertz CT molecular complexity index is 423. The fourth-order valence-corrected chi connectivity index (χ4v) is 1.35. The summed E-state index contributed by atoms with van der Waals surface area (Å²) in [6.07, 6.45) is 1.55. The number of allylic oxidation sites excluding steroid dienone is 1. The maximum atomic E-state index is 11.5. The van der Waals surface area contributed by atoms with Crippen LogP contribution in [-0.4, -0.2) is 26.2 Å². The number of rotatable bonds is 6. The van der Waals surface area contributed by atoms with Gasteiger partial charge in [-0.15, -0.1) is 0 Å². The number of carbonyl (C=O) groups is 1. The standard InChI is InChI=1S/C14H19NO3/c1-11(2)9-14(16)15-12-5-4-6-13(10-12)18-8-7-17-3/h4-6,9-10H,7-8H2,1-3H3,(H,15,16). The summed E-state index contributed by atoms with van der Waals surface area (Å²) in [5.41, 5.74) is 1.67. The highest BCUT2D eigenvalue weighted by molar-refractivity contribution is 5.99. The van der Waals surface area contributed by atoms with Crippen molar-refractivity contribution in [2.75, 3.05) is 25.6 Å². The molecule has 4 nitrogen and oxygen atoms in total. The molecule has 0 radical (unpaired) electrons. The van der Waals surface area contributed by atoms with E-state index < -0.39 is 0 Å². The van der Waals surface area contributed by atoms with Crippen molar-refractivity contribution in [2.24, 2.45) is 0 Å². The Morgan fingerprint density at radius 2 is 2.11 bits per heavy atom. The van der Waals surface area contributed by atoms with E-state index in [9.17, 15) is 4.79 Å². The van der Waals surface area contributed by atoms with Crippen LogP contribution in [0.1, 0.15) is 13.8 Å². The van der Waals surface area contributed by atoms with Gasteiger partial charge in [-0.1, -0.05) is 11.6 Å². The third kappa shape index (κ3) is 5.50. The van der Waals surface area contributed by atoms with Crippen LogP contribution in [0.25, 0.3) is 0 Å². The lowest BCUT2D eigenvalue weighted by Crippen LogP contribution is -2.09. The van der Waals surface area contributed by atoms with Gasteiger partial charge < -0.3 is 14.8 Å². The van der Waals surface area contributed by atoms with E-state index >= 15 is 0 Å². The van der Waals surface area contributed by atoms with Crippen LogP contribution in [0.5, 0.6) is 5.75 Å². The second-order valence-electron chi connectivity index (χ2n) is 4.08. The van der Waals surface area contributed by atoms with E-state index in [0.717, 1.165) is 5.57 Å². The summed E-state index contributed by atoms with van der Waals surface area (Å²) in [4.78, 5) is 11.5. The number of benzene rings is 1. The van der Waals surface area contributed by atoms with Crippen LogP contribution < -0.4 is 10.1 Å². The largest absolute Gasteiger partial charge is 0.491 e. The third-order valence-electron chi connectivity index (χ3n) is 2.08. The summed E-state index contributed by atoms with van der Waals surface area (Å²) in [6.45, 7) is 4.78. The molecule has 0 bridgehead atoms. The normalized spacial score (nSPS) is 9.72. The molecule has 0 fully saturated rings. The highest BCUT2D eigenvalue weighted by atomic mass is 16.5. The quantitative estimate of drug-likeness (QED) is 0.622. The smallest absolute Gasteiger partial charge is 0.248 e. The minimum atomic E-state index is -0.135. The van der Waals surface area contributed by atoms with E-state index in [4.69, 9.17) is 9.47 Å². The van der Waals surface area contributed by atoms with Crippen LogP contribution in [0.3, 0.4) is 0 Å². The lowest BCUT2D eigenvalue weighted by Gasteiger charge is -2.08. The van der Waals surface area contributed by atoms with Crippen molar-refractivity contribution in [3.05, 3.63) is 35.9 Å². The Hall–Kier alpha value is -1.81. The van der Waals surface area contributed by atoms with Crippen molar-refractivity contribution < 1.29 is 14.3 Å². The summed E-state index contributed by atoms with van der Waals surface area (Å²) in [6, 6.07) is 7.28. The zero-order valence-electron chi connectivity index (χ0n) is 11.0. The predicted molar refractivity (Wildman–Crippen MR) is 71.9 cm³/mol. The molecule has 0 spiro atoms. The number of ether oxygens (including phenoxy) is 2. The van der Waals surface area contributed by atoms with E-state index in [1.165, 1.54) is 0 Å². The van der Waals surface area contributed by atoms with Gasteiger partial charge in [0.25, 0.3) is 0 Å². The Morgan fingerprint density at radius 1 is 1.33 bits per heavy atom. The molecule has 0 aliphatic carbocycles. The highest BCUT2D eigenvalue weighted by Gasteiger charge is 2.00. The van der Waals surface area contributed by atoms with E-state index in [1.54, 1.807) is 19.3 Å². The van der Waals surface area contributed by atoms with Gasteiger partial charge in [0.15, 0.2) is 0 Å². The molecule has 0 aliphatic rings. The molecule has 18 heavy (non-hydrogen) atoms. The van der Waals surface area contributed by atoms with E-state index in [0.29, 0.717) is 24.7 Å². The number of carbonyl (C=O) groups excluding carboxylic acids is 1. The number of hydrogen-bond acceptors (Lipinski definition) is 3. The van der Waals surface area contributed by atoms with Gasteiger partial charge in [0.1, 0.15) is 12.4 Å². The van der Waals surface area contributed by atoms with Gasteiger partial charge in [0, 0.05) is 24.9 Å². The molecular weight excluding hydrogens is 230 g/mol. The first-order valence-corrected chi connectivity index (χ1v) is 5.79. The molecule has 1 rings (SSSR count). The van der Waals surface area contributed by atoms with Gasteiger partial charge in [-0.05, 0) is 26.0 Å². The molecule has 1 N–H and O–H groups in total. The van der Waals surface area contributed by atoms with Crippen LogP contribution in [0, 0.1) is 0 Å². The van der Waals surface area contributed by atoms with Gasteiger partial charge >= 0.3 is 0 Å². The molecular formula is C14H19NO3.